The SMILES string of the molecule is O=C1CCC(C(=O)Nc2ncc([N+](=O)[O-])s2)N1. The fraction of sp³-hybridized carbons (Fsp3) is 0.375. The number of hydrogen-bond acceptors (Lipinski definition) is 6. The van der Waals surface area contributed by atoms with Gasteiger partial charge < -0.3 is 5.32 Å². The molecule has 1 fully saturated rings. The molecule has 0 spiro atoms. The van der Waals surface area contributed by atoms with Crippen LogP contribution in [0.1, 0.15) is 12.8 Å². The van der Waals surface area contributed by atoms with Crippen molar-refractivity contribution in [3.8, 4) is 0 Å². The zero-order valence-electron chi connectivity index (χ0n) is 8.50. The molecule has 8 nitrogen and oxygen atoms in total. The number of thiazole rings is 1. The molecule has 1 aliphatic rings. The third kappa shape index (κ3) is 2.56. The Morgan fingerprint density at radius 2 is 2.47 bits per heavy atom. The lowest BCUT2D eigenvalue weighted by Crippen LogP contribution is -2.37. The Morgan fingerprint density at radius 3 is 3.00 bits per heavy atom. The van der Waals surface area contributed by atoms with E-state index in [2.05, 4.69) is 15.6 Å². The van der Waals surface area contributed by atoms with Gasteiger partial charge in [-0.15, -0.1) is 0 Å². The van der Waals surface area contributed by atoms with Gasteiger partial charge in [-0.3, -0.25) is 25.0 Å². The Bertz CT molecular complexity index is 486. The molecule has 1 atom stereocenters. The van der Waals surface area contributed by atoms with Gasteiger partial charge in [-0.2, -0.15) is 0 Å². The molecule has 0 bridgehead atoms. The number of carbonyl (C=O) groups is 2. The van der Waals surface area contributed by atoms with Crippen LogP contribution < -0.4 is 10.6 Å². The van der Waals surface area contributed by atoms with Crippen LogP contribution in [0, 0.1) is 10.1 Å². The first-order chi connectivity index (χ1) is 8.06. The van der Waals surface area contributed by atoms with E-state index in [-0.39, 0.29) is 16.0 Å². The van der Waals surface area contributed by atoms with E-state index in [1.807, 2.05) is 0 Å². The average molecular weight is 256 g/mol. The van der Waals surface area contributed by atoms with E-state index in [4.69, 9.17) is 0 Å². The maximum absolute atomic E-state index is 11.6. The fourth-order valence-electron chi connectivity index (χ4n) is 1.41. The van der Waals surface area contributed by atoms with Crippen molar-refractivity contribution >= 4 is 33.3 Å². The molecule has 0 saturated carbocycles. The molecule has 2 rings (SSSR count). The summed E-state index contributed by atoms with van der Waals surface area (Å²) < 4.78 is 0. The molecule has 0 aliphatic carbocycles. The van der Waals surface area contributed by atoms with Crippen molar-refractivity contribution < 1.29 is 14.5 Å². The van der Waals surface area contributed by atoms with Crippen LogP contribution in [-0.4, -0.2) is 27.8 Å². The molecule has 90 valence electrons. The first kappa shape index (κ1) is 11.5. The second kappa shape index (κ2) is 4.45. The lowest BCUT2D eigenvalue weighted by atomic mass is 10.2. The van der Waals surface area contributed by atoms with Crippen LogP contribution in [0.15, 0.2) is 6.20 Å². The second-order valence-corrected chi connectivity index (χ2v) is 4.42. The maximum atomic E-state index is 11.6. The number of aromatic nitrogens is 1. The Labute approximate surface area is 99.2 Å². The first-order valence-electron chi connectivity index (χ1n) is 4.76. The summed E-state index contributed by atoms with van der Waals surface area (Å²) in [6, 6.07) is -0.578. The predicted octanol–water partition coefficient (Wildman–Crippen LogP) is 0.268. The highest BCUT2D eigenvalue weighted by molar-refractivity contribution is 7.18. The van der Waals surface area contributed by atoms with Gasteiger partial charge in [0.25, 0.3) is 0 Å². The quantitative estimate of drug-likeness (QED) is 0.595. The third-order valence-corrected chi connectivity index (χ3v) is 3.08. The van der Waals surface area contributed by atoms with Crippen molar-refractivity contribution in [1.29, 1.82) is 0 Å². The minimum absolute atomic E-state index is 0.143. The van der Waals surface area contributed by atoms with Crippen LogP contribution in [0.4, 0.5) is 10.1 Å². The molecule has 0 aromatic carbocycles. The molecule has 1 unspecified atom stereocenters. The Kier molecular flexibility index (Phi) is 3.00. The Balaban J connectivity index is 1.98. The number of nitro groups is 1. The van der Waals surface area contributed by atoms with E-state index in [0.717, 1.165) is 17.5 Å². The second-order valence-electron chi connectivity index (χ2n) is 3.41. The third-order valence-electron chi connectivity index (χ3n) is 2.22. The van der Waals surface area contributed by atoms with Gasteiger partial charge in [-0.25, -0.2) is 4.98 Å². The van der Waals surface area contributed by atoms with Gasteiger partial charge in [-0.05, 0) is 17.8 Å². The van der Waals surface area contributed by atoms with Gasteiger partial charge >= 0.3 is 5.00 Å². The van der Waals surface area contributed by atoms with Gasteiger partial charge in [0.05, 0.1) is 4.92 Å². The van der Waals surface area contributed by atoms with Gasteiger partial charge in [0.1, 0.15) is 12.2 Å². The van der Waals surface area contributed by atoms with Crippen molar-refractivity contribution in [3.63, 3.8) is 0 Å². The van der Waals surface area contributed by atoms with E-state index in [9.17, 15) is 19.7 Å². The average Bonchev–Trinajstić information content (AvgIpc) is 2.86. The molecule has 1 aliphatic heterocycles. The first-order valence-corrected chi connectivity index (χ1v) is 5.58. The molecule has 1 aromatic heterocycles. The monoisotopic (exact) mass is 256 g/mol. The van der Waals surface area contributed by atoms with Gasteiger partial charge in [-0.1, -0.05) is 0 Å². The minimum atomic E-state index is -0.579. The fourth-order valence-corrected chi connectivity index (χ4v) is 2.05. The number of nitrogens with one attached hydrogen (secondary N) is 2. The summed E-state index contributed by atoms with van der Waals surface area (Å²) >= 11 is 0.774. The largest absolute Gasteiger partial charge is 0.345 e. The predicted molar refractivity (Wildman–Crippen MR) is 58.6 cm³/mol. The maximum Gasteiger partial charge on any atom is 0.345 e. The zero-order valence-corrected chi connectivity index (χ0v) is 9.32. The highest BCUT2D eigenvalue weighted by Crippen LogP contribution is 2.25. The molecule has 2 heterocycles. The lowest BCUT2D eigenvalue weighted by molar-refractivity contribution is -0.380. The van der Waals surface area contributed by atoms with Crippen LogP contribution >= 0.6 is 11.3 Å². The van der Waals surface area contributed by atoms with E-state index < -0.39 is 16.9 Å². The number of carbonyl (C=O) groups excluding carboxylic acids is 2. The van der Waals surface area contributed by atoms with Gasteiger partial charge in [0, 0.05) is 6.42 Å². The minimum Gasteiger partial charge on any atom is -0.344 e. The van der Waals surface area contributed by atoms with Crippen LogP contribution in [0.25, 0.3) is 0 Å². The number of amides is 2. The van der Waals surface area contributed by atoms with Crippen molar-refractivity contribution in [1.82, 2.24) is 10.3 Å². The van der Waals surface area contributed by atoms with Gasteiger partial charge in [0.15, 0.2) is 5.13 Å². The highest BCUT2D eigenvalue weighted by Gasteiger charge is 2.28. The summed E-state index contributed by atoms with van der Waals surface area (Å²) in [5, 5.41) is 15.3. The molecule has 2 amide bonds. The van der Waals surface area contributed by atoms with Crippen LogP contribution in [0.3, 0.4) is 0 Å². The number of hydrogen-bond donors (Lipinski definition) is 2. The Hall–Kier alpha value is -2.03. The molecule has 1 aromatic rings. The standard InChI is InChI=1S/C8H8N4O4S/c13-5-2-1-4(10-5)7(14)11-8-9-3-6(17-8)12(15)16/h3-4H,1-2H2,(H,10,13)(H,9,11,14). The summed E-state index contributed by atoms with van der Waals surface area (Å²) in [7, 11) is 0. The van der Waals surface area contributed by atoms with Crippen molar-refractivity contribution in [3.05, 3.63) is 16.3 Å². The molecule has 17 heavy (non-hydrogen) atoms. The highest BCUT2D eigenvalue weighted by atomic mass is 32.1. The topological polar surface area (TPSA) is 114 Å². The van der Waals surface area contributed by atoms with Crippen molar-refractivity contribution in [2.75, 3.05) is 5.32 Å². The molecule has 1 saturated heterocycles. The van der Waals surface area contributed by atoms with E-state index in [0.29, 0.717) is 12.8 Å². The smallest absolute Gasteiger partial charge is 0.344 e. The summed E-state index contributed by atoms with van der Waals surface area (Å²) in [6.07, 6.45) is 1.82. The van der Waals surface area contributed by atoms with E-state index in [1.165, 1.54) is 0 Å². The van der Waals surface area contributed by atoms with Crippen LogP contribution in [-0.2, 0) is 9.59 Å². The molecular formula is C8H8N4O4S. The van der Waals surface area contributed by atoms with E-state index in [1.54, 1.807) is 0 Å². The normalized spacial score (nSPS) is 18.8. The lowest BCUT2D eigenvalue weighted by Gasteiger charge is -2.07. The van der Waals surface area contributed by atoms with E-state index >= 15 is 0 Å². The van der Waals surface area contributed by atoms with Crippen LogP contribution in [0.2, 0.25) is 0 Å². The number of nitrogens with zero attached hydrogens (tertiary/aromatic N) is 2. The molecule has 0 radical (unpaired) electrons. The van der Waals surface area contributed by atoms with Gasteiger partial charge in [0.2, 0.25) is 11.8 Å². The summed E-state index contributed by atoms with van der Waals surface area (Å²) in [5.41, 5.74) is 0. The Morgan fingerprint density at radius 1 is 1.71 bits per heavy atom. The van der Waals surface area contributed by atoms with Crippen LogP contribution in [0.5, 0.6) is 0 Å². The molecule has 9 heteroatoms. The number of anilines is 1. The zero-order chi connectivity index (χ0) is 12.4. The van der Waals surface area contributed by atoms with Crippen molar-refractivity contribution in [2.45, 2.75) is 18.9 Å². The summed E-state index contributed by atoms with van der Waals surface area (Å²) in [6.45, 7) is 0. The summed E-state index contributed by atoms with van der Waals surface area (Å²) in [4.78, 5) is 36.0. The van der Waals surface area contributed by atoms with Crippen molar-refractivity contribution in [2.24, 2.45) is 0 Å². The molecule has 2 N–H and O–H groups in total. The molecular weight excluding hydrogens is 248 g/mol. The number of rotatable bonds is 3. The summed E-state index contributed by atoms with van der Waals surface area (Å²) in [5.74, 6) is -0.574.